The highest BCUT2D eigenvalue weighted by molar-refractivity contribution is 7.99. The van der Waals surface area contributed by atoms with Gasteiger partial charge >= 0.3 is 0 Å². The van der Waals surface area contributed by atoms with Gasteiger partial charge in [-0.2, -0.15) is 11.8 Å². The van der Waals surface area contributed by atoms with Crippen LogP contribution in [0.2, 0.25) is 0 Å². The Morgan fingerprint density at radius 3 is 2.61 bits per heavy atom. The van der Waals surface area contributed by atoms with Crippen LogP contribution in [0.3, 0.4) is 0 Å². The van der Waals surface area contributed by atoms with Crippen LogP contribution in [-0.4, -0.2) is 60.7 Å². The number of hydrogen-bond donors (Lipinski definition) is 1. The van der Waals surface area contributed by atoms with E-state index < -0.39 is 0 Å². The third-order valence-corrected chi connectivity index (χ3v) is 7.46. The van der Waals surface area contributed by atoms with Gasteiger partial charge < -0.3 is 14.8 Å². The van der Waals surface area contributed by atoms with Gasteiger partial charge in [-0.05, 0) is 37.5 Å². The number of carbonyl (C=O) groups excluding carboxylic acids is 1. The summed E-state index contributed by atoms with van der Waals surface area (Å²) >= 11 is 2.05. The van der Waals surface area contributed by atoms with Gasteiger partial charge in [0.25, 0.3) is 0 Å². The van der Waals surface area contributed by atoms with Gasteiger partial charge in [0, 0.05) is 36.7 Å². The number of amides is 1. The third kappa shape index (κ3) is 4.28. The summed E-state index contributed by atoms with van der Waals surface area (Å²) in [5, 5.41) is 3.31. The van der Waals surface area contributed by atoms with Crippen molar-refractivity contribution in [1.29, 1.82) is 0 Å². The van der Waals surface area contributed by atoms with E-state index in [2.05, 4.69) is 10.2 Å². The van der Waals surface area contributed by atoms with Crippen molar-refractivity contribution in [2.75, 3.05) is 44.4 Å². The Morgan fingerprint density at radius 2 is 1.86 bits per heavy atom. The molecule has 3 aliphatic rings. The molecule has 1 atom stereocenters. The second-order valence-electron chi connectivity index (χ2n) is 8.23. The predicted octanol–water partition coefficient (Wildman–Crippen LogP) is 3.43. The van der Waals surface area contributed by atoms with Crippen molar-refractivity contribution in [3.63, 3.8) is 0 Å². The SMILES string of the molecule is CC(C(=O)NCC1(N2CCSCC2)CCCCC1)c1ccc2c(c1)OCCO2. The van der Waals surface area contributed by atoms with Crippen molar-refractivity contribution >= 4 is 17.7 Å². The van der Waals surface area contributed by atoms with Crippen LogP contribution in [0.1, 0.15) is 50.5 Å². The van der Waals surface area contributed by atoms with Crippen molar-refractivity contribution in [3.05, 3.63) is 23.8 Å². The molecule has 1 N–H and O–H groups in total. The fourth-order valence-electron chi connectivity index (χ4n) is 4.74. The first-order chi connectivity index (χ1) is 13.7. The van der Waals surface area contributed by atoms with E-state index in [0.29, 0.717) is 13.2 Å². The monoisotopic (exact) mass is 404 g/mol. The van der Waals surface area contributed by atoms with Crippen LogP contribution in [0.25, 0.3) is 0 Å². The normalized spacial score (nSPS) is 23.0. The number of ether oxygens (including phenoxy) is 2. The van der Waals surface area contributed by atoms with Gasteiger partial charge in [-0.15, -0.1) is 0 Å². The first-order valence-corrected chi connectivity index (χ1v) is 11.8. The number of carbonyl (C=O) groups is 1. The van der Waals surface area contributed by atoms with Gasteiger partial charge in [0.1, 0.15) is 13.2 Å². The molecule has 2 aliphatic heterocycles. The van der Waals surface area contributed by atoms with E-state index in [1.165, 1.54) is 43.6 Å². The molecule has 0 aromatic heterocycles. The fourth-order valence-corrected chi connectivity index (χ4v) is 5.64. The average Bonchev–Trinajstić information content (AvgIpc) is 2.78. The molecular formula is C22H32N2O3S. The zero-order valence-corrected chi connectivity index (χ0v) is 17.7. The molecular weight excluding hydrogens is 372 g/mol. The number of rotatable bonds is 5. The molecule has 1 aromatic carbocycles. The Morgan fingerprint density at radius 1 is 1.14 bits per heavy atom. The summed E-state index contributed by atoms with van der Waals surface area (Å²) in [7, 11) is 0. The summed E-state index contributed by atoms with van der Waals surface area (Å²) in [5.41, 5.74) is 1.13. The highest BCUT2D eigenvalue weighted by Gasteiger charge is 2.39. The number of benzene rings is 1. The maximum absolute atomic E-state index is 13.0. The number of hydrogen-bond acceptors (Lipinski definition) is 5. The minimum Gasteiger partial charge on any atom is -0.486 e. The van der Waals surface area contributed by atoms with Gasteiger partial charge in [-0.25, -0.2) is 0 Å². The predicted molar refractivity (Wildman–Crippen MR) is 114 cm³/mol. The lowest BCUT2D eigenvalue weighted by Gasteiger charge is -2.48. The highest BCUT2D eigenvalue weighted by atomic mass is 32.2. The molecule has 6 heteroatoms. The molecule has 1 saturated carbocycles. The van der Waals surface area contributed by atoms with Crippen molar-refractivity contribution in [3.8, 4) is 11.5 Å². The number of nitrogens with one attached hydrogen (secondary N) is 1. The summed E-state index contributed by atoms with van der Waals surface area (Å²) in [6.45, 7) is 6.20. The second kappa shape index (κ2) is 8.95. The Bertz CT molecular complexity index is 684. The molecule has 1 aliphatic carbocycles. The number of fused-ring (bicyclic) bond motifs is 1. The average molecular weight is 405 g/mol. The van der Waals surface area contributed by atoms with Gasteiger partial charge in [-0.3, -0.25) is 9.69 Å². The molecule has 28 heavy (non-hydrogen) atoms. The first kappa shape index (κ1) is 19.9. The van der Waals surface area contributed by atoms with E-state index in [4.69, 9.17) is 9.47 Å². The summed E-state index contributed by atoms with van der Waals surface area (Å²) in [6, 6.07) is 5.86. The molecule has 4 rings (SSSR count). The quantitative estimate of drug-likeness (QED) is 0.815. The lowest BCUT2D eigenvalue weighted by atomic mass is 9.79. The molecule has 1 amide bonds. The minimum absolute atomic E-state index is 0.105. The lowest BCUT2D eigenvalue weighted by Crippen LogP contribution is -2.59. The van der Waals surface area contributed by atoms with Crippen LogP contribution in [0.5, 0.6) is 11.5 Å². The van der Waals surface area contributed by atoms with Crippen LogP contribution < -0.4 is 14.8 Å². The van der Waals surface area contributed by atoms with Gasteiger partial charge in [0.15, 0.2) is 11.5 Å². The topological polar surface area (TPSA) is 50.8 Å². The Hall–Kier alpha value is -1.40. The molecule has 154 valence electrons. The van der Waals surface area contributed by atoms with E-state index in [0.717, 1.165) is 36.7 Å². The van der Waals surface area contributed by atoms with Crippen LogP contribution in [0, 0.1) is 0 Å². The Balaban J connectivity index is 1.41. The maximum Gasteiger partial charge on any atom is 0.227 e. The molecule has 0 radical (unpaired) electrons. The molecule has 1 aromatic rings. The van der Waals surface area contributed by atoms with E-state index in [1.807, 2.05) is 36.9 Å². The van der Waals surface area contributed by atoms with E-state index >= 15 is 0 Å². The van der Waals surface area contributed by atoms with Crippen LogP contribution in [0.15, 0.2) is 18.2 Å². The van der Waals surface area contributed by atoms with Gasteiger partial charge in [0.2, 0.25) is 5.91 Å². The van der Waals surface area contributed by atoms with E-state index in [1.54, 1.807) is 0 Å². The molecule has 1 saturated heterocycles. The second-order valence-corrected chi connectivity index (χ2v) is 9.45. The highest BCUT2D eigenvalue weighted by Crippen LogP contribution is 2.36. The molecule has 1 unspecified atom stereocenters. The molecule has 0 spiro atoms. The fraction of sp³-hybridized carbons (Fsp3) is 0.682. The van der Waals surface area contributed by atoms with Crippen molar-refractivity contribution in [2.24, 2.45) is 0 Å². The zero-order valence-electron chi connectivity index (χ0n) is 16.9. The minimum atomic E-state index is -0.201. The summed E-state index contributed by atoms with van der Waals surface area (Å²) < 4.78 is 11.3. The van der Waals surface area contributed by atoms with Crippen LogP contribution in [-0.2, 0) is 4.79 Å². The van der Waals surface area contributed by atoms with E-state index in [9.17, 15) is 4.79 Å². The summed E-state index contributed by atoms with van der Waals surface area (Å²) in [6.07, 6.45) is 6.28. The molecule has 2 heterocycles. The number of thioether (sulfide) groups is 1. The Kier molecular flexibility index (Phi) is 6.36. The lowest BCUT2D eigenvalue weighted by molar-refractivity contribution is -0.123. The van der Waals surface area contributed by atoms with Crippen LogP contribution >= 0.6 is 11.8 Å². The smallest absolute Gasteiger partial charge is 0.227 e. The zero-order chi connectivity index (χ0) is 19.4. The van der Waals surface area contributed by atoms with Crippen molar-refractivity contribution < 1.29 is 14.3 Å². The number of nitrogens with zero attached hydrogens (tertiary/aromatic N) is 1. The van der Waals surface area contributed by atoms with Crippen LogP contribution in [0.4, 0.5) is 0 Å². The molecule has 5 nitrogen and oxygen atoms in total. The largest absolute Gasteiger partial charge is 0.486 e. The summed E-state index contributed by atoms with van der Waals surface area (Å²) in [4.78, 5) is 15.6. The standard InChI is InChI=1S/C22H32N2O3S/c1-17(18-5-6-19-20(15-18)27-12-11-26-19)21(25)23-16-22(7-3-2-4-8-22)24-9-13-28-14-10-24/h5-6,15,17H,2-4,7-14,16H2,1H3,(H,23,25). The molecule has 2 fully saturated rings. The van der Waals surface area contributed by atoms with Gasteiger partial charge in [0.05, 0.1) is 5.92 Å². The maximum atomic E-state index is 13.0. The van der Waals surface area contributed by atoms with Crippen molar-refractivity contribution in [2.45, 2.75) is 50.5 Å². The first-order valence-electron chi connectivity index (χ1n) is 10.7. The Labute approximate surface area is 172 Å². The van der Waals surface area contributed by atoms with Crippen molar-refractivity contribution in [1.82, 2.24) is 10.2 Å². The van der Waals surface area contributed by atoms with E-state index in [-0.39, 0.29) is 17.4 Å². The third-order valence-electron chi connectivity index (χ3n) is 6.52. The molecule has 0 bridgehead atoms. The van der Waals surface area contributed by atoms with Gasteiger partial charge in [-0.1, -0.05) is 25.3 Å². The summed E-state index contributed by atoms with van der Waals surface area (Å²) in [5.74, 6) is 3.85.